The van der Waals surface area contributed by atoms with Crippen LogP contribution >= 0.6 is 0 Å². The highest BCUT2D eigenvalue weighted by Crippen LogP contribution is 2.24. The number of aliphatic hydroxyl groups excluding tert-OH is 1. The van der Waals surface area contributed by atoms with Gasteiger partial charge in [-0.1, -0.05) is 24.3 Å². The summed E-state index contributed by atoms with van der Waals surface area (Å²) in [5.41, 5.74) is 5.28. The summed E-state index contributed by atoms with van der Waals surface area (Å²) in [6, 6.07) is 14.4. The molecule has 0 fully saturated rings. The molecular weight excluding hydrogens is 274 g/mol. The number of hydrogen-bond acceptors (Lipinski definition) is 3. The van der Waals surface area contributed by atoms with Gasteiger partial charge in [0.1, 0.15) is 5.82 Å². The summed E-state index contributed by atoms with van der Waals surface area (Å²) in [7, 11) is 2.03. The molecule has 4 nitrogen and oxygen atoms in total. The molecule has 3 aromatic rings. The van der Waals surface area contributed by atoms with Gasteiger partial charge in [-0.3, -0.25) is 0 Å². The van der Waals surface area contributed by atoms with E-state index in [0.29, 0.717) is 0 Å². The molecule has 22 heavy (non-hydrogen) atoms. The minimum absolute atomic E-state index is 0.0692. The molecule has 1 atom stereocenters. The van der Waals surface area contributed by atoms with Crippen LogP contribution in [0.4, 0.5) is 5.69 Å². The van der Waals surface area contributed by atoms with E-state index in [4.69, 9.17) is 0 Å². The Morgan fingerprint density at radius 1 is 1.23 bits per heavy atom. The van der Waals surface area contributed by atoms with Gasteiger partial charge in [-0.15, -0.1) is 0 Å². The van der Waals surface area contributed by atoms with E-state index in [2.05, 4.69) is 46.1 Å². The average molecular weight is 295 g/mol. The highest BCUT2D eigenvalue weighted by molar-refractivity contribution is 5.80. The van der Waals surface area contributed by atoms with Crippen LogP contribution in [-0.4, -0.2) is 14.7 Å². The number of aryl methyl sites for hydroxylation is 2. The molecule has 0 spiro atoms. The zero-order valence-electron chi connectivity index (χ0n) is 13.2. The summed E-state index contributed by atoms with van der Waals surface area (Å²) >= 11 is 0. The number of imidazole rings is 1. The molecule has 114 valence electrons. The highest BCUT2D eigenvalue weighted by atomic mass is 16.3. The smallest absolute Gasteiger partial charge is 0.106 e. The predicted octanol–water partition coefficient (Wildman–Crippen LogP) is 3.55. The molecule has 1 heterocycles. The van der Waals surface area contributed by atoms with Crippen LogP contribution in [0.2, 0.25) is 0 Å². The Kier molecular flexibility index (Phi) is 3.86. The lowest BCUT2D eigenvalue weighted by Gasteiger charge is -2.16. The fraction of sp³-hybridized carbons (Fsp3) is 0.278. The zero-order valence-corrected chi connectivity index (χ0v) is 13.2. The number of benzene rings is 2. The number of nitrogens with zero attached hydrogens (tertiary/aromatic N) is 2. The SMILES string of the molecule is Cc1nc2cc(NC(C)c3cccc(CO)c3)ccc2n1C. The van der Waals surface area contributed by atoms with Crippen molar-refractivity contribution in [1.29, 1.82) is 0 Å². The number of rotatable bonds is 4. The first-order valence-corrected chi connectivity index (χ1v) is 7.48. The van der Waals surface area contributed by atoms with Crippen molar-refractivity contribution in [3.8, 4) is 0 Å². The van der Waals surface area contributed by atoms with Gasteiger partial charge in [-0.2, -0.15) is 0 Å². The van der Waals surface area contributed by atoms with Gasteiger partial charge in [-0.25, -0.2) is 4.98 Å². The standard InChI is InChI=1S/C18H21N3O/c1-12(15-6-4-5-14(9-15)11-22)19-16-7-8-18-17(10-16)20-13(2)21(18)3/h4-10,12,19,22H,11H2,1-3H3. The van der Waals surface area contributed by atoms with Crippen molar-refractivity contribution in [2.45, 2.75) is 26.5 Å². The summed E-state index contributed by atoms with van der Waals surface area (Å²) in [6.07, 6.45) is 0. The number of hydrogen-bond donors (Lipinski definition) is 2. The van der Waals surface area contributed by atoms with Crippen LogP contribution in [-0.2, 0) is 13.7 Å². The second kappa shape index (κ2) is 5.81. The van der Waals surface area contributed by atoms with E-state index in [0.717, 1.165) is 33.7 Å². The molecule has 0 saturated heterocycles. The highest BCUT2D eigenvalue weighted by Gasteiger charge is 2.08. The molecule has 0 saturated carbocycles. The first-order valence-electron chi connectivity index (χ1n) is 7.48. The number of aliphatic hydroxyl groups is 1. The lowest BCUT2D eigenvalue weighted by Crippen LogP contribution is -2.07. The Labute approximate surface area is 130 Å². The van der Waals surface area contributed by atoms with Gasteiger partial charge in [0.15, 0.2) is 0 Å². The molecule has 1 unspecified atom stereocenters. The number of nitrogens with one attached hydrogen (secondary N) is 1. The minimum atomic E-state index is 0.0692. The Balaban J connectivity index is 1.85. The fourth-order valence-electron chi connectivity index (χ4n) is 2.70. The molecule has 1 aromatic heterocycles. The van der Waals surface area contributed by atoms with Crippen molar-refractivity contribution >= 4 is 16.7 Å². The molecule has 2 N–H and O–H groups in total. The quantitative estimate of drug-likeness (QED) is 0.774. The minimum Gasteiger partial charge on any atom is -0.392 e. The Morgan fingerprint density at radius 3 is 2.82 bits per heavy atom. The number of aromatic nitrogens is 2. The third-order valence-corrected chi connectivity index (χ3v) is 4.12. The normalized spacial score (nSPS) is 12.5. The van der Waals surface area contributed by atoms with Crippen LogP contribution < -0.4 is 5.32 Å². The van der Waals surface area contributed by atoms with Gasteiger partial charge in [0.2, 0.25) is 0 Å². The van der Waals surface area contributed by atoms with E-state index in [1.54, 1.807) is 0 Å². The van der Waals surface area contributed by atoms with Gasteiger partial charge in [0.05, 0.1) is 17.6 Å². The van der Waals surface area contributed by atoms with Gasteiger partial charge in [-0.05, 0) is 43.2 Å². The molecular formula is C18H21N3O. The Morgan fingerprint density at radius 2 is 2.05 bits per heavy atom. The maximum atomic E-state index is 9.25. The van der Waals surface area contributed by atoms with E-state index in [1.807, 2.05) is 32.2 Å². The van der Waals surface area contributed by atoms with Crippen LogP contribution in [0.25, 0.3) is 11.0 Å². The van der Waals surface area contributed by atoms with Crippen molar-refractivity contribution < 1.29 is 5.11 Å². The second-order valence-electron chi connectivity index (χ2n) is 5.69. The third kappa shape index (κ3) is 2.70. The van der Waals surface area contributed by atoms with Crippen LogP contribution in [0.3, 0.4) is 0 Å². The average Bonchev–Trinajstić information content (AvgIpc) is 2.81. The summed E-state index contributed by atoms with van der Waals surface area (Å²) < 4.78 is 2.09. The lowest BCUT2D eigenvalue weighted by atomic mass is 10.1. The number of fused-ring (bicyclic) bond motifs is 1. The molecule has 0 radical (unpaired) electrons. The summed E-state index contributed by atoms with van der Waals surface area (Å²) in [5.74, 6) is 1.01. The molecule has 4 heteroatoms. The van der Waals surface area contributed by atoms with Crippen molar-refractivity contribution in [3.63, 3.8) is 0 Å². The fourth-order valence-corrected chi connectivity index (χ4v) is 2.70. The van der Waals surface area contributed by atoms with Gasteiger partial charge < -0.3 is 15.0 Å². The van der Waals surface area contributed by atoms with Crippen molar-refractivity contribution in [2.75, 3.05) is 5.32 Å². The predicted molar refractivity (Wildman–Crippen MR) is 89.9 cm³/mol. The van der Waals surface area contributed by atoms with Crippen molar-refractivity contribution in [1.82, 2.24) is 9.55 Å². The van der Waals surface area contributed by atoms with E-state index in [9.17, 15) is 5.11 Å². The van der Waals surface area contributed by atoms with Crippen LogP contribution in [0.5, 0.6) is 0 Å². The molecule has 3 rings (SSSR count). The second-order valence-corrected chi connectivity index (χ2v) is 5.69. The lowest BCUT2D eigenvalue weighted by molar-refractivity contribution is 0.281. The van der Waals surface area contributed by atoms with E-state index < -0.39 is 0 Å². The molecule has 0 aliphatic carbocycles. The van der Waals surface area contributed by atoms with Crippen LogP contribution in [0.1, 0.15) is 29.9 Å². The van der Waals surface area contributed by atoms with Gasteiger partial charge >= 0.3 is 0 Å². The van der Waals surface area contributed by atoms with E-state index in [-0.39, 0.29) is 12.6 Å². The monoisotopic (exact) mass is 295 g/mol. The van der Waals surface area contributed by atoms with Crippen LogP contribution in [0, 0.1) is 6.92 Å². The summed E-state index contributed by atoms with van der Waals surface area (Å²) in [5, 5.41) is 12.7. The van der Waals surface area contributed by atoms with Crippen LogP contribution in [0.15, 0.2) is 42.5 Å². The molecule has 0 aliphatic rings. The van der Waals surface area contributed by atoms with Crippen molar-refractivity contribution in [2.24, 2.45) is 7.05 Å². The molecule has 0 aliphatic heterocycles. The van der Waals surface area contributed by atoms with Gasteiger partial charge in [0, 0.05) is 18.8 Å². The largest absolute Gasteiger partial charge is 0.392 e. The Hall–Kier alpha value is -2.33. The van der Waals surface area contributed by atoms with E-state index >= 15 is 0 Å². The molecule has 0 bridgehead atoms. The Bertz CT molecular complexity index is 807. The maximum absolute atomic E-state index is 9.25. The molecule has 0 amide bonds. The number of anilines is 1. The maximum Gasteiger partial charge on any atom is 0.106 e. The van der Waals surface area contributed by atoms with Crippen molar-refractivity contribution in [3.05, 3.63) is 59.4 Å². The third-order valence-electron chi connectivity index (χ3n) is 4.12. The molecule has 2 aromatic carbocycles. The summed E-state index contributed by atoms with van der Waals surface area (Å²) in [4.78, 5) is 4.57. The first-order chi connectivity index (χ1) is 10.6. The zero-order chi connectivity index (χ0) is 15.7. The topological polar surface area (TPSA) is 50.1 Å². The van der Waals surface area contributed by atoms with E-state index in [1.165, 1.54) is 0 Å². The summed E-state index contributed by atoms with van der Waals surface area (Å²) in [6.45, 7) is 4.19. The van der Waals surface area contributed by atoms with Gasteiger partial charge in [0.25, 0.3) is 0 Å². The first kappa shape index (κ1) is 14.6.